The molecule has 9 nitrogen and oxygen atoms in total. The highest BCUT2D eigenvalue weighted by molar-refractivity contribution is 5.67. The maximum Gasteiger partial charge on any atom is 0.407 e. The van der Waals surface area contributed by atoms with Crippen molar-refractivity contribution in [2.75, 3.05) is 11.9 Å². The number of aryl methyl sites for hydroxylation is 1. The van der Waals surface area contributed by atoms with Crippen molar-refractivity contribution < 1.29 is 14.6 Å². The molecule has 0 aliphatic heterocycles. The Morgan fingerprint density at radius 3 is 2.75 bits per heavy atom. The fourth-order valence-electron chi connectivity index (χ4n) is 2.90. The predicted molar refractivity (Wildman–Crippen MR) is 121 cm³/mol. The van der Waals surface area contributed by atoms with Crippen LogP contribution in [-0.2, 0) is 17.8 Å². The lowest BCUT2D eigenvalue weighted by atomic mass is 10.1. The van der Waals surface area contributed by atoms with Crippen LogP contribution in [0.2, 0.25) is 0 Å². The molecular weight excluding hydrogens is 408 g/mol. The lowest BCUT2D eigenvalue weighted by Gasteiger charge is -2.19. The average Bonchev–Trinajstić information content (AvgIpc) is 2.76. The number of aliphatic hydroxyl groups excluding tert-OH is 1. The van der Waals surface area contributed by atoms with E-state index in [1.54, 1.807) is 6.20 Å². The molecule has 0 atom stereocenters. The second-order valence-corrected chi connectivity index (χ2v) is 8.18. The smallest absolute Gasteiger partial charge is 0.407 e. The van der Waals surface area contributed by atoms with Gasteiger partial charge in [-0.3, -0.25) is 4.98 Å². The Kier molecular flexibility index (Phi) is 7.67. The summed E-state index contributed by atoms with van der Waals surface area (Å²) in [7, 11) is 0. The number of amides is 1. The Morgan fingerprint density at radius 2 is 1.97 bits per heavy atom. The van der Waals surface area contributed by atoms with E-state index in [2.05, 4.69) is 30.6 Å². The molecule has 0 spiro atoms. The Bertz CT molecular complexity index is 1050. The number of carbonyl (C=O) groups excluding carboxylic acids is 1. The van der Waals surface area contributed by atoms with Gasteiger partial charge in [0.15, 0.2) is 5.82 Å². The van der Waals surface area contributed by atoms with Gasteiger partial charge in [0.2, 0.25) is 5.95 Å². The van der Waals surface area contributed by atoms with Gasteiger partial charge in [-0.2, -0.15) is 4.98 Å². The third kappa shape index (κ3) is 7.28. The number of benzene rings is 1. The number of hydrogen-bond donors (Lipinski definition) is 3. The van der Waals surface area contributed by atoms with Crippen LogP contribution in [0.3, 0.4) is 0 Å². The van der Waals surface area contributed by atoms with Crippen molar-refractivity contribution in [2.45, 2.75) is 45.8 Å². The summed E-state index contributed by atoms with van der Waals surface area (Å²) in [5.74, 6) is 0.932. The van der Waals surface area contributed by atoms with Crippen molar-refractivity contribution in [1.29, 1.82) is 0 Å². The number of anilines is 2. The van der Waals surface area contributed by atoms with Crippen LogP contribution >= 0.6 is 0 Å². The normalized spacial score (nSPS) is 11.1. The van der Waals surface area contributed by atoms with Crippen molar-refractivity contribution in [3.63, 3.8) is 0 Å². The Balaban J connectivity index is 1.60. The quantitative estimate of drug-likeness (QED) is 0.458. The molecule has 0 radical (unpaired) electrons. The van der Waals surface area contributed by atoms with Gasteiger partial charge in [0, 0.05) is 29.7 Å². The summed E-state index contributed by atoms with van der Waals surface area (Å²) in [6, 6.07) is 11.2. The lowest BCUT2D eigenvalue weighted by molar-refractivity contribution is 0.0527. The molecule has 2 heterocycles. The van der Waals surface area contributed by atoms with Crippen LogP contribution in [0.25, 0.3) is 11.4 Å². The zero-order chi connectivity index (χ0) is 23.0. The molecule has 0 unspecified atom stereocenters. The summed E-state index contributed by atoms with van der Waals surface area (Å²) in [5, 5.41) is 15.2. The molecule has 0 aliphatic rings. The van der Waals surface area contributed by atoms with Crippen molar-refractivity contribution in [3.8, 4) is 11.4 Å². The zero-order valence-electron chi connectivity index (χ0n) is 18.5. The number of nitrogens with zero attached hydrogens (tertiary/aromatic N) is 4. The SMILES string of the molecule is CC(C)(C)OC(=O)NCCCc1cc(-c2ncnc(Nc3cccc(CO)c3)n2)ccn1. The molecule has 0 saturated carbocycles. The van der Waals surface area contributed by atoms with E-state index in [1.807, 2.05) is 57.2 Å². The van der Waals surface area contributed by atoms with Crippen molar-refractivity contribution in [2.24, 2.45) is 0 Å². The Labute approximate surface area is 187 Å². The number of hydrogen-bond acceptors (Lipinski definition) is 8. The molecule has 9 heteroatoms. The fraction of sp³-hybridized carbons (Fsp3) is 0.348. The summed E-state index contributed by atoms with van der Waals surface area (Å²) in [6.45, 7) is 5.95. The summed E-state index contributed by atoms with van der Waals surface area (Å²) in [6.07, 6.45) is 4.15. The second kappa shape index (κ2) is 10.6. The highest BCUT2D eigenvalue weighted by Crippen LogP contribution is 2.19. The first kappa shape index (κ1) is 23.1. The third-order valence-corrected chi connectivity index (χ3v) is 4.29. The molecule has 3 rings (SSSR count). The van der Waals surface area contributed by atoms with E-state index in [4.69, 9.17) is 4.74 Å². The first-order valence-electron chi connectivity index (χ1n) is 10.4. The standard InChI is InChI=1S/C23H28N6O3/c1-23(2,3)32-22(31)25-10-5-8-18-13-17(9-11-24-18)20-26-15-27-21(29-20)28-19-7-4-6-16(12-19)14-30/h4,6-7,9,11-13,15,30H,5,8,10,14H2,1-3H3,(H,25,31)(H,26,27,28,29). The number of nitrogens with one attached hydrogen (secondary N) is 2. The minimum Gasteiger partial charge on any atom is -0.444 e. The highest BCUT2D eigenvalue weighted by Gasteiger charge is 2.15. The zero-order valence-corrected chi connectivity index (χ0v) is 18.5. The fourth-order valence-corrected chi connectivity index (χ4v) is 2.90. The maximum absolute atomic E-state index is 11.7. The molecule has 0 aliphatic carbocycles. The van der Waals surface area contributed by atoms with Gasteiger partial charge >= 0.3 is 6.09 Å². The number of ether oxygens (including phenoxy) is 1. The van der Waals surface area contributed by atoms with Gasteiger partial charge in [-0.25, -0.2) is 14.8 Å². The number of aromatic nitrogens is 4. The van der Waals surface area contributed by atoms with Crippen LogP contribution in [0.5, 0.6) is 0 Å². The van der Waals surface area contributed by atoms with Gasteiger partial charge < -0.3 is 20.5 Å². The van der Waals surface area contributed by atoms with Gasteiger partial charge in [-0.1, -0.05) is 12.1 Å². The Morgan fingerprint density at radius 1 is 1.12 bits per heavy atom. The number of pyridine rings is 1. The van der Waals surface area contributed by atoms with Gasteiger partial charge in [0.05, 0.1) is 6.61 Å². The van der Waals surface area contributed by atoms with E-state index < -0.39 is 11.7 Å². The van der Waals surface area contributed by atoms with E-state index in [0.29, 0.717) is 24.7 Å². The molecule has 2 aromatic heterocycles. The minimum atomic E-state index is -0.514. The van der Waals surface area contributed by atoms with Crippen molar-refractivity contribution in [3.05, 3.63) is 60.2 Å². The lowest BCUT2D eigenvalue weighted by Crippen LogP contribution is -2.33. The molecular formula is C23H28N6O3. The summed E-state index contributed by atoms with van der Waals surface area (Å²) in [5.41, 5.74) is 2.76. The molecule has 0 fully saturated rings. The second-order valence-electron chi connectivity index (χ2n) is 8.18. The molecule has 3 N–H and O–H groups in total. The first-order valence-corrected chi connectivity index (χ1v) is 10.4. The average molecular weight is 437 g/mol. The van der Waals surface area contributed by atoms with Gasteiger partial charge in [0.1, 0.15) is 11.9 Å². The predicted octanol–water partition coefficient (Wildman–Crippen LogP) is 3.63. The van der Waals surface area contributed by atoms with Crippen molar-refractivity contribution >= 4 is 17.7 Å². The summed E-state index contributed by atoms with van der Waals surface area (Å²) >= 11 is 0. The van der Waals surface area contributed by atoms with Gasteiger partial charge in [-0.05, 0) is 63.4 Å². The van der Waals surface area contributed by atoms with Crippen molar-refractivity contribution in [1.82, 2.24) is 25.3 Å². The topological polar surface area (TPSA) is 122 Å². The number of carbonyl (C=O) groups is 1. The largest absolute Gasteiger partial charge is 0.444 e. The van der Waals surface area contributed by atoms with Crippen LogP contribution in [0.1, 0.15) is 38.4 Å². The molecule has 168 valence electrons. The molecule has 0 saturated heterocycles. The van der Waals surface area contributed by atoms with Gasteiger partial charge in [-0.15, -0.1) is 0 Å². The number of aliphatic hydroxyl groups is 1. The summed E-state index contributed by atoms with van der Waals surface area (Å²) in [4.78, 5) is 29.1. The van der Waals surface area contributed by atoms with E-state index in [1.165, 1.54) is 6.33 Å². The number of alkyl carbamates (subject to hydrolysis) is 1. The third-order valence-electron chi connectivity index (χ3n) is 4.29. The minimum absolute atomic E-state index is 0.0366. The van der Waals surface area contributed by atoms with E-state index >= 15 is 0 Å². The van der Waals surface area contributed by atoms with Crippen LogP contribution in [0.4, 0.5) is 16.4 Å². The molecule has 32 heavy (non-hydrogen) atoms. The molecule has 3 aromatic rings. The Hall–Kier alpha value is -3.59. The van der Waals surface area contributed by atoms with Crippen LogP contribution in [-0.4, -0.2) is 43.3 Å². The number of rotatable bonds is 8. The molecule has 1 aromatic carbocycles. The maximum atomic E-state index is 11.7. The van der Waals surface area contributed by atoms with Crippen LogP contribution in [0, 0.1) is 0 Å². The van der Waals surface area contributed by atoms with E-state index in [0.717, 1.165) is 28.9 Å². The van der Waals surface area contributed by atoms with Crippen LogP contribution in [0.15, 0.2) is 48.9 Å². The monoisotopic (exact) mass is 436 g/mol. The highest BCUT2D eigenvalue weighted by atomic mass is 16.6. The van der Waals surface area contributed by atoms with E-state index in [9.17, 15) is 9.90 Å². The summed E-state index contributed by atoms with van der Waals surface area (Å²) < 4.78 is 5.23. The first-order chi connectivity index (χ1) is 15.3. The molecule has 0 bridgehead atoms. The van der Waals surface area contributed by atoms with Crippen LogP contribution < -0.4 is 10.6 Å². The van der Waals surface area contributed by atoms with E-state index in [-0.39, 0.29) is 6.61 Å². The molecule has 1 amide bonds. The van der Waals surface area contributed by atoms with Gasteiger partial charge in [0.25, 0.3) is 0 Å².